The molecule has 6 nitrogen and oxygen atoms in total. The van der Waals surface area contributed by atoms with Gasteiger partial charge in [0.1, 0.15) is 11.5 Å². The van der Waals surface area contributed by atoms with Crippen LogP contribution in [-0.4, -0.2) is 18.2 Å². The fourth-order valence-corrected chi connectivity index (χ4v) is 2.14. The number of hydrogen-bond acceptors (Lipinski definition) is 4. The molecule has 4 N–H and O–H groups in total. The molecule has 0 bridgehead atoms. The molecule has 0 unspecified atom stereocenters. The van der Waals surface area contributed by atoms with Gasteiger partial charge in [-0.2, -0.15) is 0 Å². The number of anilines is 1. The van der Waals surface area contributed by atoms with E-state index in [1.54, 1.807) is 0 Å². The summed E-state index contributed by atoms with van der Waals surface area (Å²) >= 11 is 3.14. The van der Waals surface area contributed by atoms with Gasteiger partial charge in [0.25, 0.3) is 0 Å². The van der Waals surface area contributed by atoms with Gasteiger partial charge in [-0.25, -0.2) is 22.6 Å². The molecule has 0 saturated carbocycles. The number of nitrogen functional groups attached to an aromatic ring is 1. The molecule has 96 valence electrons. The van der Waals surface area contributed by atoms with Crippen LogP contribution in [0.25, 0.3) is 5.69 Å². The van der Waals surface area contributed by atoms with Crippen LogP contribution >= 0.6 is 15.9 Å². The molecule has 1 aromatic heterocycles. The van der Waals surface area contributed by atoms with Crippen molar-refractivity contribution in [2.45, 2.75) is 4.90 Å². The van der Waals surface area contributed by atoms with Crippen molar-refractivity contribution in [2.75, 3.05) is 5.73 Å². The van der Waals surface area contributed by atoms with E-state index in [1.807, 2.05) is 0 Å². The minimum atomic E-state index is -3.93. The maximum atomic E-state index is 13.8. The molecule has 0 radical (unpaired) electrons. The maximum absolute atomic E-state index is 13.8. The highest BCUT2D eigenvalue weighted by Crippen LogP contribution is 2.22. The number of nitrogens with two attached hydrogens (primary N) is 2. The molecule has 2 aromatic rings. The van der Waals surface area contributed by atoms with Crippen LogP contribution in [0.2, 0.25) is 0 Å². The Hall–Kier alpha value is -1.45. The Balaban J connectivity index is 2.54. The lowest BCUT2D eigenvalue weighted by Crippen LogP contribution is -2.13. The summed E-state index contributed by atoms with van der Waals surface area (Å²) in [7, 11) is -3.93. The van der Waals surface area contributed by atoms with Crippen LogP contribution in [0.4, 0.5) is 10.2 Å². The number of aromatic nitrogens is 2. The van der Waals surface area contributed by atoms with Crippen molar-refractivity contribution in [1.29, 1.82) is 0 Å². The van der Waals surface area contributed by atoms with Crippen LogP contribution < -0.4 is 10.9 Å². The third-order valence-corrected chi connectivity index (χ3v) is 3.71. The van der Waals surface area contributed by atoms with Crippen LogP contribution in [0.3, 0.4) is 0 Å². The van der Waals surface area contributed by atoms with E-state index in [2.05, 4.69) is 21.0 Å². The maximum Gasteiger partial charge on any atom is 0.238 e. The van der Waals surface area contributed by atoms with E-state index in [1.165, 1.54) is 23.0 Å². The van der Waals surface area contributed by atoms with E-state index in [0.717, 1.165) is 6.07 Å². The number of halogens is 2. The molecule has 0 saturated heterocycles. The van der Waals surface area contributed by atoms with Gasteiger partial charge in [0.15, 0.2) is 5.82 Å². The SMILES string of the molecule is Nc1nn(-c2ccc(S(N)(=O)=O)cc2F)cc1Br. The summed E-state index contributed by atoms with van der Waals surface area (Å²) in [4.78, 5) is -0.303. The first-order valence-corrected chi connectivity index (χ1v) is 6.96. The van der Waals surface area contributed by atoms with Crippen LogP contribution in [-0.2, 0) is 10.0 Å². The normalized spacial score (nSPS) is 11.7. The average molecular weight is 335 g/mol. The highest BCUT2D eigenvalue weighted by atomic mass is 79.9. The molecule has 9 heteroatoms. The molecule has 0 fully saturated rings. The molecule has 2 rings (SSSR count). The fourth-order valence-electron chi connectivity index (χ4n) is 1.34. The lowest BCUT2D eigenvalue weighted by Gasteiger charge is -2.04. The molecular weight excluding hydrogens is 327 g/mol. The van der Waals surface area contributed by atoms with Crippen molar-refractivity contribution in [2.24, 2.45) is 5.14 Å². The van der Waals surface area contributed by atoms with E-state index in [-0.39, 0.29) is 16.4 Å². The topological polar surface area (TPSA) is 104 Å². The summed E-state index contributed by atoms with van der Waals surface area (Å²) in [6.45, 7) is 0. The number of benzene rings is 1. The molecule has 0 spiro atoms. The van der Waals surface area contributed by atoms with Gasteiger partial charge in [-0.3, -0.25) is 0 Å². The number of nitrogens with zero attached hydrogens (tertiary/aromatic N) is 2. The minimum absolute atomic E-state index is 0.0693. The number of hydrogen-bond donors (Lipinski definition) is 2. The standard InChI is InChI=1S/C9H8BrFN4O2S/c10-6-4-15(14-9(6)12)8-2-1-5(3-7(8)11)18(13,16)17/h1-4H,(H2,12,14)(H2,13,16,17). The Bertz CT molecular complexity index is 694. The molecule has 0 aliphatic rings. The summed E-state index contributed by atoms with van der Waals surface area (Å²) < 4.78 is 37.6. The van der Waals surface area contributed by atoms with Crippen molar-refractivity contribution >= 4 is 31.8 Å². The molecule has 0 aliphatic carbocycles. The van der Waals surface area contributed by atoms with Crippen LogP contribution in [0.5, 0.6) is 0 Å². The summed E-state index contributed by atoms with van der Waals surface area (Å²) in [5, 5.41) is 8.76. The van der Waals surface area contributed by atoms with Gasteiger partial charge in [-0.1, -0.05) is 0 Å². The van der Waals surface area contributed by atoms with Crippen molar-refractivity contribution in [1.82, 2.24) is 9.78 Å². The van der Waals surface area contributed by atoms with Crippen LogP contribution in [0.15, 0.2) is 33.8 Å². The highest BCUT2D eigenvalue weighted by Gasteiger charge is 2.14. The summed E-state index contributed by atoms with van der Waals surface area (Å²) in [6.07, 6.45) is 1.46. The van der Waals surface area contributed by atoms with Gasteiger partial charge in [-0.15, -0.1) is 5.10 Å². The Morgan fingerprint density at radius 1 is 1.39 bits per heavy atom. The van der Waals surface area contributed by atoms with Gasteiger partial charge >= 0.3 is 0 Å². The largest absolute Gasteiger partial charge is 0.381 e. The molecule has 1 aromatic carbocycles. The van der Waals surface area contributed by atoms with Crippen molar-refractivity contribution < 1.29 is 12.8 Å². The van der Waals surface area contributed by atoms with Crippen molar-refractivity contribution in [3.05, 3.63) is 34.7 Å². The molecule has 0 aliphatic heterocycles. The van der Waals surface area contributed by atoms with Gasteiger partial charge in [-0.05, 0) is 34.1 Å². The molecule has 1 heterocycles. The van der Waals surface area contributed by atoms with Gasteiger partial charge < -0.3 is 5.73 Å². The lowest BCUT2D eigenvalue weighted by molar-refractivity contribution is 0.588. The molecular formula is C9H8BrFN4O2S. The second kappa shape index (κ2) is 4.34. The molecule has 0 amide bonds. The zero-order valence-corrected chi connectivity index (χ0v) is 11.2. The van der Waals surface area contributed by atoms with E-state index in [4.69, 9.17) is 10.9 Å². The van der Waals surface area contributed by atoms with E-state index < -0.39 is 15.8 Å². The first-order valence-electron chi connectivity index (χ1n) is 4.62. The second-order valence-corrected chi connectivity index (χ2v) is 5.88. The van der Waals surface area contributed by atoms with Crippen molar-refractivity contribution in [3.8, 4) is 5.69 Å². The fraction of sp³-hybridized carbons (Fsp3) is 0. The Labute approximate surface area is 111 Å². The van der Waals surface area contributed by atoms with Crippen LogP contribution in [0, 0.1) is 5.82 Å². The van der Waals surface area contributed by atoms with Crippen molar-refractivity contribution in [3.63, 3.8) is 0 Å². The van der Waals surface area contributed by atoms with Gasteiger partial charge in [0.2, 0.25) is 10.0 Å². The first kappa shape index (κ1) is 13.0. The smallest absolute Gasteiger partial charge is 0.238 e. The summed E-state index contributed by atoms with van der Waals surface area (Å²) in [6, 6.07) is 3.28. The zero-order valence-electron chi connectivity index (χ0n) is 8.84. The summed E-state index contributed by atoms with van der Waals surface area (Å²) in [5.41, 5.74) is 5.58. The Kier molecular flexibility index (Phi) is 3.13. The average Bonchev–Trinajstić information content (AvgIpc) is 2.57. The van der Waals surface area contributed by atoms with E-state index in [9.17, 15) is 12.8 Å². The monoisotopic (exact) mass is 334 g/mol. The number of primary sulfonamides is 1. The summed E-state index contributed by atoms with van der Waals surface area (Å²) in [5.74, 6) is -0.568. The third kappa shape index (κ3) is 2.37. The number of rotatable bonds is 2. The lowest BCUT2D eigenvalue weighted by atomic mass is 10.3. The second-order valence-electron chi connectivity index (χ2n) is 3.47. The molecule has 0 atom stereocenters. The number of sulfonamides is 1. The predicted octanol–water partition coefficient (Wildman–Crippen LogP) is 1.00. The van der Waals surface area contributed by atoms with E-state index in [0.29, 0.717) is 4.47 Å². The quantitative estimate of drug-likeness (QED) is 0.854. The first-order chi connectivity index (χ1) is 8.29. The van der Waals surface area contributed by atoms with E-state index >= 15 is 0 Å². The molecule has 18 heavy (non-hydrogen) atoms. The van der Waals surface area contributed by atoms with Gasteiger partial charge in [0.05, 0.1) is 9.37 Å². The third-order valence-electron chi connectivity index (χ3n) is 2.19. The van der Waals surface area contributed by atoms with Gasteiger partial charge in [0, 0.05) is 6.20 Å². The highest BCUT2D eigenvalue weighted by molar-refractivity contribution is 9.10. The Morgan fingerprint density at radius 2 is 2.06 bits per heavy atom. The van der Waals surface area contributed by atoms with Crippen LogP contribution in [0.1, 0.15) is 0 Å². The minimum Gasteiger partial charge on any atom is -0.381 e. The zero-order chi connectivity index (χ0) is 13.5. The Morgan fingerprint density at radius 3 is 2.50 bits per heavy atom. The predicted molar refractivity (Wildman–Crippen MR) is 67.0 cm³/mol.